The van der Waals surface area contributed by atoms with E-state index in [1.807, 2.05) is 26.0 Å². The molecule has 0 atom stereocenters. The molecule has 1 aliphatic rings. The van der Waals surface area contributed by atoms with Gasteiger partial charge < -0.3 is 9.47 Å². The maximum atomic E-state index is 13.1. The number of hydrogen-bond acceptors (Lipinski definition) is 5. The summed E-state index contributed by atoms with van der Waals surface area (Å²) in [4.78, 5) is 4.30. The molecule has 0 aliphatic carbocycles. The fourth-order valence-corrected chi connectivity index (χ4v) is 4.98. The van der Waals surface area contributed by atoms with Gasteiger partial charge in [-0.25, -0.2) is 8.42 Å². The van der Waals surface area contributed by atoms with E-state index in [2.05, 4.69) is 4.98 Å². The minimum atomic E-state index is -3.57. The molecule has 0 N–H and O–H groups in total. The Bertz CT molecular complexity index is 891. The van der Waals surface area contributed by atoms with Crippen molar-refractivity contribution in [2.24, 2.45) is 5.92 Å². The minimum absolute atomic E-state index is 0.243. The first-order chi connectivity index (χ1) is 12.9. The molecule has 146 valence electrons. The van der Waals surface area contributed by atoms with E-state index in [9.17, 15) is 8.42 Å². The highest BCUT2D eigenvalue weighted by Gasteiger charge is 2.31. The first-order valence-corrected chi connectivity index (χ1v) is 10.5. The molecular weight excluding hydrogens is 364 g/mol. The second-order valence-corrected chi connectivity index (χ2v) is 8.86. The van der Waals surface area contributed by atoms with Gasteiger partial charge in [0.2, 0.25) is 10.0 Å². The molecule has 6 nitrogen and oxygen atoms in total. The largest absolute Gasteiger partial charge is 0.495 e. The van der Waals surface area contributed by atoms with Gasteiger partial charge in [0.05, 0.1) is 13.7 Å². The van der Waals surface area contributed by atoms with Crippen LogP contribution >= 0.6 is 0 Å². The molecular formula is C20H26N2O4S. The van der Waals surface area contributed by atoms with Crippen molar-refractivity contribution >= 4 is 10.0 Å². The van der Waals surface area contributed by atoms with Gasteiger partial charge in [0.15, 0.2) is 0 Å². The normalized spacial score (nSPS) is 16.3. The lowest BCUT2D eigenvalue weighted by Crippen LogP contribution is -2.39. The highest BCUT2D eigenvalue weighted by molar-refractivity contribution is 7.89. The number of nitrogens with zero attached hydrogens (tertiary/aromatic N) is 2. The molecule has 2 heterocycles. The van der Waals surface area contributed by atoms with Crippen LogP contribution < -0.4 is 9.47 Å². The van der Waals surface area contributed by atoms with Crippen LogP contribution in [0.3, 0.4) is 0 Å². The Kier molecular flexibility index (Phi) is 6.01. The molecule has 1 fully saturated rings. The maximum Gasteiger partial charge on any atom is 0.246 e. The monoisotopic (exact) mass is 390 g/mol. The third-order valence-electron chi connectivity index (χ3n) is 4.95. The molecule has 1 aliphatic heterocycles. The quantitative estimate of drug-likeness (QED) is 0.758. The van der Waals surface area contributed by atoms with Crippen molar-refractivity contribution in [1.82, 2.24) is 9.29 Å². The molecule has 1 aromatic heterocycles. The van der Waals surface area contributed by atoms with Crippen LogP contribution in [0.4, 0.5) is 0 Å². The van der Waals surface area contributed by atoms with E-state index >= 15 is 0 Å². The van der Waals surface area contributed by atoms with Gasteiger partial charge in [-0.3, -0.25) is 4.98 Å². The van der Waals surface area contributed by atoms with Crippen LogP contribution in [-0.2, 0) is 10.0 Å². The number of ether oxygens (including phenoxy) is 2. The summed E-state index contributed by atoms with van der Waals surface area (Å²) in [5.41, 5.74) is 1.90. The van der Waals surface area contributed by atoms with Gasteiger partial charge in [-0.1, -0.05) is 6.07 Å². The zero-order valence-electron chi connectivity index (χ0n) is 16.0. The number of methoxy groups -OCH3 is 1. The molecule has 1 saturated heterocycles. The predicted molar refractivity (Wildman–Crippen MR) is 104 cm³/mol. The summed E-state index contributed by atoms with van der Waals surface area (Å²) in [7, 11) is -2.07. The van der Waals surface area contributed by atoms with Crippen LogP contribution in [0, 0.1) is 19.8 Å². The van der Waals surface area contributed by atoms with Crippen molar-refractivity contribution in [1.29, 1.82) is 0 Å². The Morgan fingerprint density at radius 1 is 1.15 bits per heavy atom. The van der Waals surface area contributed by atoms with E-state index in [0.29, 0.717) is 31.4 Å². The van der Waals surface area contributed by atoms with Crippen LogP contribution in [-0.4, -0.2) is 44.5 Å². The van der Waals surface area contributed by atoms with E-state index < -0.39 is 10.0 Å². The molecule has 3 rings (SSSR count). The zero-order chi connectivity index (χ0) is 19.4. The van der Waals surface area contributed by atoms with Gasteiger partial charge in [0.25, 0.3) is 0 Å². The van der Waals surface area contributed by atoms with Gasteiger partial charge in [0.1, 0.15) is 16.4 Å². The Morgan fingerprint density at radius 2 is 1.89 bits per heavy atom. The molecule has 1 aromatic carbocycles. The second-order valence-electron chi connectivity index (χ2n) is 6.95. The van der Waals surface area contributed by atoms with Crippen LogP contribution in [0.15, 0.2) is 41.6 Å². The lowest BCUT2D eigenvalue weighted by atomic mass is 9.99. The lowest BCUT2D eigenvalue weighted by molar-refractivity contribution is 0.184. The van der Waals surface area contributed by atoms with Crippen LogP contribution in [0.5, 0.6) is 11.5 Å². The first kappa shape index (κ1) is 19.6. The number of benzene rings is 1. The SMILES string of the molecule is COc1ccc(C)cc1S(=O)(=O)N1CCC(COc2ccncc2C)CC1. The Morgan fingerprint density at radius 3 is 2.56 bits per heavy atom. The number of hydrogen-bond donors (Lipinski definition) is 0. The van der Waals surface area contributed by atoms with Gasteiger partial charge in [-0.05, 0) is 56.4 Å². The fourth-order valence-electron chi connectivity index (χ4n) is 3.27. The van der Waals surface area contributed by atoms with Gasteiger partial charge in [-0.2, -0.15) is 4.31 Å². The van der Waals surface area contributed by atoms with Crippen molar-refractivity contribution in [2.75, 3.05) is 26.8 Å². The van der Waals surface area contributed by atoms with Gasteiger partial charge in [0, 0.05) is 31.0 Å². The van der Waals surface area contributed by atoms with Crippen molar-refractivity contribution in [3.63, 3.8) is 0 Å². The van der Waals surface area contributed by atoms with E-state index in [1.54, 1.807) is 28.8 Å². The summed E-state index contributed by atoms with van der Waals surface area (Å²) in [6.07, 6.45) is 5.04. The lowest BCUT2D eigenvalue weighted by Gasteiger charge is -2.31. The summed E-state index contributed by atoms with van der Waals surface area (Å²) in [5.74, 6) is 1.56. The number of aryl methyl sites for hydroxylation is 2. The van der Waals surface area contributed by atoms with Crippen molar-refractivity contribution < 1.29 is 17.9 Å². The van der Waals surface area contributed by atoms with E-state index in [1.165, 1.54) is 7.11 Å². The first-order valence-electron chi connectivity index (χ1n) is 9.10. The summed E-state index contributed by atoms with van der Waals surface area (Å²) in [6.45, 7) is 5.41. The van der Waals surface area contributed by atoms with Crippen LogP contribution in [0.2, 0.25) is 0 Å². The molecule has 0 spiro atoms. The highest BCUT2D eigenvalue weighted by Crippen LogP contribution is 2.30. The predicted octanol–water partition coefficient (Wildman–Crippen LogP) is 3.19. The van der Waals surface area contributed by atoms with Crippen molar-refractivity contribution in [2.45, 2.75) is 31.6 Å². The number of aromatic nitrogens is 1. The molecule has 27 heavy (non-hydrogen) atoms. The zero-order valence-corrected chi connectivity index (χ0v) is 16.8. The summed E-state index contributed by atoms with van der Waals surface area (Å²) < 4.78 is 38.8. The van der Waals surface area contributed by atoms with Gasteiger partial charge in [-0.15, -0.1) is 0 Å². The van der Waals surface area contributed by atoms with Crippen molar-refractivity contribution in [3.8, 4) is 11.5 Å². The Labute approximate surface area is 161 Å². The Balaban J connectivity index is 1.63. The van der Waals surface area contributed by atoms with E-state index in [0.717, 1.165) is 29.7 Å². The number of pyridine rings is 1. The van der Waals surface area contributed by atoms with Gasteiger partial charge >= 0.3 is 0 Å². The topological polar surface area (TPSA) is 68.7 Å². The standard InChI is InChI=1S/C20H26N2O4S/c1-15-4-5-19(25-3)20(12-15)27(23,24)22-10-7-17(8-11-22)14-26-18-6-9-21-13-16(18)2/h4-6,9,12-13,17H,7-8,10-11,14H2,1-3H3. The maximum absolute atomic E-state index is 13.1. The molecule has 0 saturated carbocycles. The Hall–Kier alpha value is -2.12. The van der Waals surface area contributed by atoms with E-state index in [-0.39, 0.29) is 4.90 Å². The number of rotatable bonds is 6. The van der Waals surface area contributed by atoms with E-state index in [4.69, 9.17) is 9.47 Å². The smallest absolute Gasteiger partial charge is 0.246 e. The molecule has 0 unspecified atom stereocenters. The fraction of sp³-hybridized carbons (Fsp3) is 0.450. The molecule has 2 aromatic rings. The molecule has 0 bridgehead atoms. The summed E-state index contributed by atoms with van der Waals surface area (Å²) >= 11 is 0. The average molecular weight is 391 g/mol. The molecule has 0 amide bonds. The molecule has 7 heteroatoms. The number of piperidine rings is 1. The number of sulfonamides is 1. The van der Waals surface area contributed by atoms with Crippen LogP contribution in [0.1, 0.15) is 24.0 Å². The highest BCUT2D eigenvalue weighted by atomic mass is 32.2. The minimum Gasteiger partial charge on any atom is -0.495 e. The van der Waals surface area contributed by atoms with Crippen molar-refractivity contribution in [3.05, 3.63) is 47.8 Å². The average Bonchev–Trinajstić information content (AvgIpc) is 2.67. The second kappa shape index (κ2) is 8.27. The third-order valence-corrected chi connectivity index (χ3v) is 6.87. The third kappa shape index (κ3) is 4.42. The van der Waals surface area contributed by atoms with Crippen LogP contribution in [0.25, 0.3) is 0 Å². The summed E-state index contributed by atoms with van der Waals surface area (Å²) in [6, 6.07) is 7.09. The summed E-state index contributed by atoms with van der Waals surface area (Å²) in [5, 5.41) is 0. The molecule has 0 radical (unpaired) electrons.